The Labute approximate surface area is 510 Å². The number of carbonyl (C=O) groups excluding carboxylic acids is 6. The van der Waals surface area contributed by atoms with E-state index in [1.54, 1.807) is 20.2 Å². The van der Waals surface area contributed by atoms with E-state index in [1.807, 2.05) is 114 Å². The highest BCUT2D eigenvalue weighted by Crippen LogP contribution is 2.79. The van der Waals surface area contributed by atoms with E-state index >= 15 is 9.59 Å². The fourth-order valence-corrected chi connectivity index (χ4v) is 17.2. The number of nitrogens with two attached hydrogens (primary N) is 1. The van der Waals surface area contributed by atoms with E-state index in [0.29, 0.717) is 55.8 Å². The number of aliphatic hydroxyl groups excluding tert-OH is 2. The monoisotopic (exact) mass is 1210 g/mol. The number of hydrogen-bond acceptors (Lipinski definition) is 19. The second-order valence-electron chi connectivity index (χ2n) is 27.8. The first kappa shape index (κ1) is 63.0. The second kappa shape index (κ2) is 21.4. The van der Waals surface area contributed by atoms with Crippen molar-refractivity contribution in [3.63, 3.8) is 0 Å². The number of amides is 1. The Morgan fingerprint density at radius 3 is 1.93 bits per heavy atom. The van der Waals surface area contributed by atoms with Gasteiger partial charge in [-0.3, -0.25) is 38.6 Å². The normalized spacial score (nSPS) is 28.9. The molecule has 0 bridgehead atoms. The van der Waals surface area contributed by atoms with Crippen LogP contribution in [0.2, 0.25) is 18.1 Å². The Morgan fingerprint density at radius 1 is 0.770 bits per heavy atom. The molecule has 4 aromatic rings. The molecule has 0 saturated heterocycles. The summed E-state index contributed by atoms with van der Waals surface area (Å²) in [6, 6.07) is 15.2. The van der Waals surface area contributed by atoms with Gasteiger partial charge >= 0.3 is 0 Å². The van der Waals surface area contributed by atoms with Gasteiger partial charge in [-0.15, -0.1) is 0 Å². The van der Waals surface area contributed by atoms with Crippen LogP contribution in [0.25, 0.3) is 5.76 Å². The summed E-state index contributed by atoms with van der Waals surface area (Å²) in [6.45, 7) is 18.1. The maximum absolute atomic E-state index is 15.8. The summed E-state index contributed by atoms with van der Waals surface area (Å²) in [5.41, 5.74) is 2.78. The molecule has 20 nitrogen and oxygen atoms in total. The van der Waals surface area contributed by atoms with E-state index in [0.717, 1.165) is 28.1 Å². The third-order valence-corrected chi connectivity index (χ3v) is 25.4. The van der Waals surface area contributed by atoms with Crippen molar-refractivity contribution in [1.29, 1.82) is 0 Å². The van der Waals surface area contributed by atoms with Gasteiger partial charge in [0.15, 0.2) is 42.6 Å². The molecule has 0 aliphatic heterocycles. The number of aromatic hydroxyl groups is 1. The lowest BCUT2D eigenvalue weighted by Gasteiger charge is -2.56. The quantitative estimate of drug-likeness (QED) is 0.0469. The van der Waals surface area contributed by atoms with Crippen LogP contribution in [0.15, 0.2) is 76.0 Å². The molecule has 7 aliphatic carbocycles. The lowest BCUT2D eigenvalue weighted by Crippen LogP contribution is -2.70. The Kier molecular flexibility index (Phi) is 15.5. The van der Waals surface area contributed by atoms with Crippen molar-refractivity contribution >= 4 is 60.3 Å². The molecule has 0 radical (unpaired) electrons. The van der Waals surface area contributed by atoms with Crippen LogP contribution in [-0.2, 0) is 43.1 Å². The van der Waals surface area contributed by atoms with Crippen LogP contribution in [0.5, 0.6) is 11.6 Å². The number of phenolic OH excluding ortho intramolecular Hbond substituents is 1. The Morgan fingerprint density at radius 2 is 1.37 bits per heavy atom. The van der Waals surface area contributed by atoms with Crippen molar-refractivity contribution in [1.82, 2.24) is 19.9 Å². The van der Waals surface area contributed by atoms with Crippen LogP contribution in [0.4, 0.5) is 11.4 Å². The fraction of sp³-hybridized carbons (Fsp3) is 0.530. The maximum atomic E-state index is 15.8. The molecule has 0 unspecified atom stereocenters. The van der Waals surface area contributed by atoms with Gasteiger partial charge in [-0.2, -0.15) is 0 Å². The van der Waals surface area contributed by atoms with E-state index in [2.05, 4.69) is 50.0 Å². The van der Waals surface area contributed by atoms with Crippen LogP contribution < -0.4 is 20.3 Å². The number of aromatic nitrogens is 1. The average molecular weight is 1210 g/mol. The topological polar surface area (TPSA) is 270 Å². The summed E-state index contributed by atoms with van der Waals surface area (Å²) in [6.07, 6.45) is 1.71. The predicted molar refractivity (Wildman–Crippen MR) is 330 cm³/mol. The van der Waals surface area contributed by atoms with Gasteiger partial charge in [0.05, 0.1) is 17.6 Å². The SMILES string of the molecule is CCN(CC)C[C@@]12Cc3c(N(C)C)ccc(O)c3C(O)=C1C(=O)[C@]1(O)C(O)=C(C(N)=O)C(=O)[C@@H](N(C)C)[C@@H]1C2.Cc1ccc(N(C)C)c2c1C(=O)[C@@]13C[C@]1(C2)C[C@H]1[C@H](N(C)C)c2onc(OCc4ccccc4)c2C(=O)[C@@]1(O[Si](C)(C)C(C)(C)C)C3=O. The predicted octanol–water partition coefficient (Wildman–Crippen LogP) is 7.33. The number of aryl methyl sites for hydroxylation is 1. The minimum absolute atomic E-state index is 0.0256. The molecule has 466 valence electrons. The summed E-state index contributed by atoms with van der Waals surface area (Å²) in [5.74, 6) is -7.23. The molecule has 11 rings (SSSR count). The van der Waals surface area contributed by atoms with Gasteiger partial charge in [0.25, 0.3) is 11.8 Å². The molecule has 0 spiro atoms. The number of anilines is 2. The summed E-state index contributed by atoms with van der Waals surface area (Å²) in [7, 11) is 11.9. The molecule has 3 aromatic carbocycles. The number of hydrogen-bond donors (Lipinski definition) is 5. The fourth-order valence-electron chi connectivity index (χ4n) is 15.7. The molecule has 1 aromatic heterocycles. The molecule has 87 heavy (non-hydrogen) atoms. The average Bonchev–Trinajstić information content (AvgIpc) is 1.49. The van der Waals surface area contributed by atoms with E-state index in [-0.39, 0.29) is 64.4 Å². The molecular weight excluding hydrogens is 1130 g/mol. The lowest BCUT2D eigenvalue weighted by atomic mass is 9.51. The van der Waals surface area contributed by atoms with Crippen LogP contribution in [0.3, 0.4) is 0 Å². The Balaban J connectivity index is 0.000000197. The van der Waals surface area contributed by atoms with Gasteiger partial charge in [-0.25, -0.2) is 0 Å². The zero-order valence-corrected chi connectivity index (χ0v) is 54.1. The number of likely N-dealkylation sites (N-methyl/N-ethyl adjacent to an activating group) is 1. The molecule has 1 amide bonds. The Hall–Kier alpha value is -7.01. The van der Waals surface area contributed by atoms with Crippen LogP contribution in [0.1, 0.15) is 114 Å². The number of ketones is 5. The number of fused-ring (bicyclic) bond motifs is 6. The highest BCUT2D eigenvalue weighted by atomic mass is 28.4. The zero-order chi connectivity index (χ0) is 64.0. The van der Waals surface area contributed by atoms with Gasteiger partial charge in [-0.05, 0) is 149 Å². The van der Waals surface area contributed by atoms with Crippen LogP contribution in [-0.4, -0.2) is 177 Å². The first-order valence-corrected chi connectivity index (χ1v) is 32.9. The molecule has 7 aliphatic rings. The van der Waals surface area contributed by atoms with E-state index in [1.165, 1.54) is 11.0 Å². The number of ether oxygens (including phenoxy) is 1. The minimum atomic E-state index is -2.82. The summed E-state index contributed by atoms with van der Waals surface area (Å²) in [5, 5.41) is 49.6. The minimum Gasteiger partial charge on any atom is -0.508 e. The van der Waals surface area contributed by atoms with Gasteiger partial charge in [0.2, 0.25) is 11.6 Å². The highest BCUT2D eigenvalue weighted by Gasteiger charge is 2.87. The standard InChI is InChI=1S/C38H47N3O6Si.C28H38N4O7/c1-22-16-17-26(40(5)6)24-18-36-19-25-29(41(7)8)30-28(33(39-46-30)45-20-23-14-12-11-13-15-23)32(43)38(25,47-48(9,10)35(2,3)4)34(44)37(36,21-36)31(42)27(22)24;1-7-32(8-2)13-27-11-14-16(30(3)4)9-10-17(33)18(14)22(34)20(27)25(37)28(39)15(12-27)21(31(5)6)23(35)19(24(28)36)26(29)38/h11-17,25,29H,18-21H2,1-10H3;9-10,15,21,33-34,36,39H,7-8,11-13H2,1-6H3,(H2,29,38)/t25-,29-,36-,37+,38+;15-,21-,27-,28+/m00/s1. The van der Waals surface area contributed by atoms with Crippen molar-refractivity contribution in [2.45, 2.75) is 122 Å². The van der Waals surface area contributed by atoms with Gasteiger partial charge in [-0.1, -0.05) is 71.0 Å². The molecule has 3 saturated carbocycles. The van der Waals surface area contributed by atoms with Crippen molar-refractivity contribution in [2.75, 3.05) is 85.8 Å². The lowest BCUT2D eigenvalue weighted by molar-refractivity contribution is -0.158. The summed E-state index contributed by atoms with van der Waals surface area (Å²) in [4.78, 5) is 95.8. The number of nitrogens with zero attached hydrogens (tertiary/aromatic N) is 6. The first-order valence-electron chi connectivity index (χ1n) is 30.0. The number of phenols is 1. The molecule has 6 N–H and O–H groups in total. The van der Waals surface area contributed by atoms with E-state index in [9.17, 15) is 39.6 Å². The van der Waals surface area contributed by atoms with E-state index in [4.69, 9.17) is 19.4 Å². The smallest absolute Gasteiger partial charge is 0.265 e. The molecule has 21 heteroatoms. The maximum Gasteiger partial charge on any atom is 0.265 e. The highest BCUT2D eigenvalue weighted by molar-refractivity contribution is 6.74. The number of carbonyl (C=O) groups is 6. The molecular formula is C66H85N7O13Si. The third-order valence-electron chi connectivity index (χ3n) is 21.0. The van der Waals surface area contributed by atoms with E-state index < -0.39 is 100 Å². The van der Waals surface area contributed by atoms with Crippen molar-refractivity contribution in [3.8, 4) is 11.6 Å². The third kappa shape index (κ3) is 9.01. The molecule has 1 heterocycles. The van der Waals surface area contributed by atoms with Gasteiger partial charge in [0, 0.05) is 74.5 Å². The van der Waals surface area contributed by atoms with Crippen molar-refractivity contribution < 1.29 is 62.9 Å². The second-order valence-corrected chi connectivity index (χ2v) is 32.5. The number of aliphatic hydroxyl groups is 3. The van der Waals surface area contributed by atoms with Gasteiger partial charge < -0.3 is 54.5 Å². The molecule has 9 atom stereocenters. The number of Topliss-reactive ketones (excluding diaryl/α,β-unsaturated/α-hetero) is 5. The number of primary amides is 1. The zero-order valence-electron chi connectivity index (χ0n) is 53.1. The number of rotatable bonds is 14. The summed E-state index contributed by atoms with van der Waals surface area (Å²) >= 11 is 0. The largest absolute Gasteiger partial charge is 0.508 e. The molecule has 3 fully saturated rings. The Bertz CT molecular complexity index is 3640. The summed E-state index contributed by atoms with van der Waals surface area (Å²) < 4.78 is 19.5. The first-order chi connectivity index (χ1) is 40.6. The van der Waals surface area contributed by atoms with Crippen molar-refractivity contribution in [2.24, 2.45) is 33.8 Å². The van der Waals surface area contributed by atoms with Crippen LogP contribution >= 0.6 is 0 Å². The van der Waals surface area contributed by atoms with Crippen molar-refractivity contribution in [3.05, 3.63) is 116 Å². The number of benzene rings is 3. The van der Waals surface area contributed by atoms with Crippen LogP contribution in [0, 0.1) is 35.0 Å². The van der Waals surface area contributed by atoms with Gasteiger partial charge in [0.1, 0.15) is 40.4 Å².